The van der Waals surface area contributed by atoms with Gasteiger partial charge in [-0.15, -0.1) is 11.3 Å². The van der Waals surface area contributed by atoms with Gasteiger partial charge in [0, 0.05) is 36.9 Å². The molecule has 210 valence electrons. The largest absolute Gasteiger partial charge is 0.422 e. The van der Waals surface area contributed by atoms with Crippen molar-refractivity contribution >= 4 is 78.6 Å². The van der Waals surface area contributed by atoms with Crippen LogP contribution < -0.4 is 15.5 Å². The number of esters is 1. The Morgan fingerprint density at radius 3 is 2.40 bits per heavy atom. The third-order valence-corrected chi connectivity index (χ3v) is 8.33. The number of carbonyl (C=O) groups excluding carboxylic acids is 3. The standard InChI is InChI=1S/C32H23BrClN3O4S/c1-18-4-3-5-21(14-18)30(38)36-24-10-7-20(8-11-24)31(39)37-35-17-22-16-23(33)9-13-26(22)41-32(40)29-28(34)25-12-6-19(2)15-27(25)42-29/h3-17H,1-2H3,(H,36,38)(H,37,39)/b35-17-. The lowest BCUT2D eigenvalue weighted by Crippen LogP contribution is -2.18. The van der Waals surface area contributed by atoms with Gasteiger partial charge in [-0.3, -0.25) is 9.59 Å². The van der Waals surface area contributed by atoms with Crippen LogP contribution in [0.1, 0.15) is 47.1 Å². The molecule has 0 aliphatic carbocycles. The number of hydrogen-bond donors (Lipinski definition) is 2. The van der Waals surface area contributed by atoms with Crippen molar-refractivity contribution in [2.24, 2.45) is 5.10 Å². The minimum absolute atomic E-state index is 0.240. The lowest BCUT2D eigenvalue weighted by molar-refractivity contribution is 0.0739. The lowest BCUT2D eigenvalue weighted by Gasteiger charge is -2.08. The van der Waals surface area contributed by atoms with Crippen LogP contribution in [0.25, 0.3) is 10.1 Å². The van der Waals surface area contributed by atoms with Crippen LogP contribution in [0.5, 0.6) is 5.75 Å². The molecule has 10 heteroatoms. The molecule has 5 rings (SSSR count). The highest BCUT2D eigenvalue weighted by molar-refractivity contribution is 9.10. The van der Waals surface area contributed by atoms with Gasteiger partial charge in [-0.05, 0) is 80.1 Å². The van der Waals surface area contributed by atoms with Gasteiger partial charge in [0.25, 0.3) is 11.8 Å². The van der Waals surface area contributed by atoms with E-state index in [0.717, 1.165) is 25.7 Å². The minimum Gasteiger partial charge on any atom is -0.422 e. The van der Waals surface area contributed by atoms with Gasteiger partial charge in [0.1, 0.15) is 10.6 Å². The molecule has 7 nitrogen and oxygen atoms in total. The fourth-order valence-electron chi connectivity index (χ4n) is 4.08. The molecule has 42 heavy (non-hydrogen) atoms. The number of hydrazone groups is 1. The molecule has 0 radical (unpaired) electrons. The van der Waals surface area contributed by atoms with Crippen molar-refractivity contribution in [3.63, 3.8) is 0 Å². The summed E-state index contributed by atoms with van der Waals surface area (Å²) in [5.41, 5.74) is 6.42. The number of thiophene rings is 1. The zero-order chi connectivity index (χ0) is 29.8. The number of nitrogens with zero attached hydrogens (tertiary/aromatic N) is 1. The Labute approximate surface area is 259 Å². The van der Waals surface area contributed by atoms with E-state index in [2.05, 4.69) is 31.8 Å². The highest BCUT2D eigenvalue weighted by Gasteiger charge is 2.20. The SMILES string of the molecule is Cc1cccc(C(=O)Nc2ccc(C(=O)N/N=C\c3cc(Br)ccc3OC(=O)c3sc4cc(C)ccc4c3Cl)cc2)c1. The van der Waals surface area contributed by atoms with Crippen LogP contribution in [-0.4, -0.2) is 24.0 Å². The fourth-order valence-corrected chi connectivity index (χ4v) is 5.94. The van der Waals surface area contributed by atoms with Gasteiger partial charge >= 0.3 is 5.97 Å². The van der Waals surface area contributed by atoms with Crippen LogP contribution in [-0.2, 0) is 0 Å². The first-order valence-corrected chi connectivity index (χ1v) is 14.7. The molecule has 0 saturated heterocycles. The molecule has 0 unspecified atom stereocenters. The van der Waals surface area contributed by atoms with E-state index in [0.29, 0.717) is 32.3 Å². The third-order valence-electron chi connectivity index (χ3n) is 6.20. The van der Waals surface area contributed by atoms with E-state index in [1.54, 1.807) is 54.6 Å². The topological polar surface area (TPSA) is 96.9 Å². The van der Waals surface area contributed by atoms with Crippen LogP contribution >= 0.6 is 38.9 Å². The second-order valence-electron chi connectivity index (χ2n) is 9.42. The van der Waals surface area contributed by atoms with Gasteiger partial charge in [0.2, 0.25) is 0 Å². The van der Waals surface area contributed by atoms with Crippen molar-refractivity contribution < 1.29 is 19.1 Å². The van der Waals surface area contributed by atoms with E-state index in [4.69, 9.17) is 16.3 Å². The Morgan fingerprint density at radius 1 is 0.881 bits per heavy atom. The number of carbonyl (C=O) groups is 3. The van der Waals surface area contributed by atoms with Gasteiger partial charge in [-0.1, -0.05) is 57.4 Å². The van der Waals surface area contributed by atoms with Gasteiger partial charge in [-0.2, -0.15) is 5.10 Å². The maximum Gasteiger partial charge on any atom is 0.355 e. The average molecular weight is 661 g/mol. The minimum atomic E-state index is -0.588. The number of amides is 2. The molecular formula is C32H23BrClN3O4S. The Morgan fingerprint density at radius 2 is 1.64 bits per heavy atom. The first kappa shape index (κ1) is 29.2. The number of nitrogens with one attached hydrogen (secondary N) is 2. The van der Waals surface area contributed by atoms with Crippen molar-refractivity contribution in [2.45, 2.75) is 13.8 Å². The molecule has 4 aromatic carbocycles. The van der Waals surface area contributed by atoms with Crippen LogP contribution in [0.2, 0.25) is 5.02 Å². The highest BCUT2D eigenvalue weighted by atomic mass is 79.9. The van der Waals surface area contributed by atoms with E-state index in [9.17, 15) is 14.4 Å². The summed E-state index contributed by atoms with van der Waals surface area (Å²) < 4.78 is 7.31. The molecule has 2 N–H and O–H groups in total. The molecule has 0 fully saturated rings. The molecule has 0 saturated carbocycles. The molecule has 0 atom stereocenters. The molecule has 1 heterocycles. The molecular weight excluding hydrogens is 638 g/mol. The lowest BCUT2D eigenvalue weighted by atomic mass is 10.1. The molecule has 2 amide bonds. The Hall–Kier alpha value is -4.31. The van der Waals surface area contributed by atoms with Crippen molar-refractivity contribution in [2.75, 3.05) is 5.32 Å². The summed E-state index contributed by atoms with van der Waals surface area (Å²) in [5.74, 6) is -1.03. The van der Waals surface area contributed by atoms with Gasteiger partial charge in [0.05, 0.1) is 11.2 Å². The van der Waals surface area contributed by atoms with Crippen molar-refractivity contribution in [3.8, 4) is 5.75 Å². The number of hydrogen-bond acceptors (Lipinski definition) is 6. The Bertz CT molecular complexity index is 1870. The molecule has 0 aliphatic heterocycles. The smallest absolute Gasteiger partial charge is 0.355 e. The summed E-state index contributed by atoms with van der Waals surface area (Å²) in [4.78, 5) is 38.5. The van der Waals surface area contributed by atoms with E-state index in [1.807, 2.05) is 44.2 Å². The first-order chi connectivity index (χ1) is 20.2. The maximum absolute atomic E-state index is 13.0. The number of rotatable bonds is 7. The predicted molar refractivity (Wildman–Crippen MR) is 171 cm³/mol. The zero-order valence-electron chi connectivity index (χ0n) is 22.4. The summed E-state index contributed by atoms with van der Waals surface area (Å²) in [7, 11) is 0. The summed E-state index contributed by atoms with van der Waals surface area (Å²) in [6, 6.07) is 24.6. The van der Waals surface area contributed by atoms with Crippen molar-refractivity contribution in [1.82, 2.24) is 5.43 Å². The van der Waals surface area contributed by atoms with Crippen LogP contribution in [0, 0.1) is 13.8 Å². The van der Waals surface area contributed by atoms with Gasteiger partial charge < -0.3 is 10.1 Å². The Balaban J connectivity index is 1.24. The van der Waals surface area contributed by atoms with Crippen LogP contribution in [0.15, 0.2) is 94.5 Å². The van der Waals surface area contributed by atoms with E-state index < -0.39 is 11.9 Å². The zero-order valence-corrected chi connectivity index (χ0v) is 25.6. The van der Waals surface area contributed by atoms with Crippen LogP contribution in [0.4, 0.5) is 5.69 Å². The maximum atomic E-state index is 13.0. The molecule has 1 aromatic heterocycles. The average Bonchev–Trinajstić information content (AvgIpc) is 3.30. The van der Waals surface area contributed by atoms with Crippen molar-refractivity contribution in [1.29, 1.82) is 0 Å². The normalized spacial score (nSPS) is 11.0. The number of ether oxygens (including phenoxy) is 1. The third kappa shape index (κ3) is 6.76. The fraction of sp³-hybridized carbons (Fsp3) is 0.0625. The van der Waals surface area contributed by atoms with Crippen LogP contribution in [0.3, 0.4) is 0 Å². The van der Waals surface area contributed by atoms with Gasteiger partial charge in [-0.25, -0.2) is 10.2 Å². The quantitative estimate of drug-likeness (QED) is 0.0797. The number of halogens is 2. The number of benzene rings is 4. The molecule has 0 spiro atoms. The second kappa shape index (κ2) is 12.7. The van der Waals surface area contributed by atoms with E-state index >= 15 is 0 Å². The van der Waals surface area contributed by atoms with E-state index in [1.165, 1.54) is 17.6 Å². The predicted octanol–water partition coefficient (Wildman–Crippen LogP) is 8.17. The molecule has 5 aromatic rings. The number of anilines is 1. The first-order valence-electron chi connectivity index (χ1n) is 12.7. The monoisotopic (exact) mass is 659 g/mol. The second-order valence-corrected chi connectivity index (χ2v) is 11.8. The summed E-state index contributed by atoms with van der Waals surface area (Å²) in [6.45, 7) is 3.89. The summed E-state index contributed by atoms with van der Waals surface area (Å²) in [6.07, 6.45) is 1.39. The summed E-state index contributed by atoms with van der Waals surface area (Å²) >= 11 is 11.2. The molecule has 0 bridgehead atoms. The highest BCUT2D eigenvalue weighted by Crippen LogP contribution is 2.36. The number of aryl methyl sites for hydroxylation is 2. The number of fused-ring (bicyclic) bond motifs is 1. The van der Waals surface area contributed by atoms with Crippen molar-refractivity contribution in [3.05, 3.63) is 127 Å². The van der Waals surface area contributed by atoms with E-state index in [-0.39, 0.29) is 11.7 Å². The molecule has 0 aliphatic rings. The Kier molecular flexibility index (Phi) is 8.82. The van der Waals surface area contributed by atoms with Gasteiger partial charge in [0.15, 0.2) is 0 Å². The summed E-state index contributed by atoms with van der Waals surface area (Å²) in [5, 5.41) is 8.01.